The van der Waals surface area contributed by atoms with Crippen LogP contribution in [0, 0.1) is 0 Å². The van der Waals surface area contributed by atoms with Gasteiger partial charge in [-0.1, -0.05) is 119 Å². The Labute approximate surface area is 194 Å². The van der Waals surface area contributed by atoms with Gasteiger partial charge < -0.3 is 0 Å². The Morgan fingerprint density at radius 1 is 0.581 bits per heavy atom. The van der Waals surface area contributed by atoms with Crippen molar-refractivity contribution in [2.75, 3.05) is 0 Å². The summed E-state index contributed by atoms with van der Waals surface area (Å²) in [6, 6.07) is 38.2. The molecule has 0 unspecified atom stereocenters. The highest BCUT2D eigenvalue weighted by Gasteiger charge is 2.50. The van der Waals surface area contributed by atoms with Crippen LogP contribution >= 0.6 is 27.7 Å². The number of rotatable bonds is 0. The van der Waals surface area contributed by atoms with Crippen LogP contribution in [-0.2, 0) is 5.41 Å². The van der Waals surface area contributed by atoms with Gasteiger partial charge in [0.1, 0.15) is 0 Å². The average molecular weight is 477 g/mol. The van der Waals surface area contributed by atoms with Crippen LogP contribution in [0.25, 0.3) is 21.9 Å². The first-order chi connectivity index (χ1) is 15.3. The van der Waals surface area contributed by atoms with Gasteiger partial charge >= 0.3 is 0 Å². The Balaban J connectivity index is 1.73. The molecule has 0 saturated heterocycles. The molecule has 1 aliphatic heterocycles. The Morgan fingerprint density at radius 2 is 1.23 bits per heavy atom. The smallest absolute Gasteiger partial charge is 0.0735 e. The predicted molar refractivity (Wildman–Crippen MR) is 133 cm³/mol. The molecule has 0 nitrogen and oxygen atoms in total. The van der Waals surface area contributed by atoms with Crippen LogP contribution in [0.5, 0.6) is 0 Å². The molecule has 5 aromatic carbocycles. The summed E-state index contributed by atoms with van der Waals surface area (Å²) >= 11 is 5.63. The molecule has 31 heavy (non-hydrogen) atoms. The number of halogens is 1. The van der Waals surface area contributed by atoms with Crippen molar-refractivity contribution in [1.29, 1.82) is 0 Å². The van der Waals surface area contributed by atoms with E-state index in [1.807, 2.05) is 11.8 Å². The second-order valence-electron chi connectivity index (χ2n) is 8.25. The SMILES string of the molecule is Brc1ccc2c(c1)Sc1c(ccc3ccccc13)C21c2ccccc2-c2ccccc21. The van der Waals surface area contributed by atoms with Crippen molar-refractivity contribution in [1.82, 2.24) is 0 Å². The van der Waals surface area contributed by atoms with Gasteiger partial charge in [-0.2, -0.15) is 0 Å². The molecule has 0 aromatic heterocycles. The fourth-order valence-corrected chi connectivity index (χ4v) is 7.49. The van der Waals surface area contributed by atoms with E-state index in [0.717, 1.165) is 4.47 Å². The number of hydrogen-bond acceptors (Lipinski definition) is 1. The molecule has 0 amide bonds. The van der Waals surface area contributed by atoms with E-state index in [2.05, 4.69) is 119 Å². The van der Waals surface area contributed by atoms with Crippen molar-refractivity contribution in [3.8, 4) is 11.1 Å². The summed E-state index contributed by atoms with van der Waals surface area (Å²) in [5, 5.41) is 2.62. The molecular weight excluding hydrogens is 460 g/mol. The van der Waals surface area contributed by atoms with Crippen LogP contribution in [0.15, 0.2) is 117 Å². The highest BCUT2D eigenvalue weighted by Crippen LogP contribution is 2.63. The third-order valence-corrected chi connectivity index (χ3v) is 8.49. The van der Waals surface area contributed by atoms with Gasteiger partial charge in [-0.25, -0.2) is 0 Å². The fraction of sp³-hybridized carbons (Fsp3) is 0.0345. The van der Waals surface area contributed by atoms with Crippen molar-refractivity contribution in [3.63, 3.8) is 0 Å². The van der Waals surface area contributed by atoms with Crippen LogP contribution < -0.4 is 0 Å². The Morgan fingerprint density at radius 3 is 2.00 bits per heavy atom. The minimum absolute atomic E-state index is 0.298. The summed E-state index contributed by atoms with van der Waals surface area (Å²) in [7, 11) is 0. The van der Waals surface area contributed by atoms with E-state index in [1.54, 1.807) is 0 Å². The van der Waals surface area contributed by atoms with Crippen molar-refractivity contribution in [3.05, 3.63) is 130 Å². The summed E-state index contributed by atoms with van der Waals surface area (Å²) in [6.07, 6.45) is 0. The molecule has 7 rings (SSSR count). The third-order valence-electron chi connectivity index (χ3n) is 6.80. The van der Waals surface area contributed by atoms with Gasteiger partial charge in [-0.3, -0.25) is 0 Å². The molecular formula is C29H17BrS. The lowest BCUT2D eigenvalue weighted by Crippen LogP contribution is -2.32. The lowest BCUT2D eigenvalue weighted by atomic mass is 9.67. The van der Waals surface area contributed by atoms with Gasteiger partial charge in [0.05, 0.1) is 5.41 Å². The third kappa shape index (κ3) is 2.22. The van der Waals surface area contributed by atoms with Gasteiger partial charge in [0.15, 0.2) is 0 Å². The molecule has 0 N–H and O–H groups in total. The second kappa shape index (κ2) is 6.35. The minimum Gasteiger partial charge on any atom is -0.0887 e. The Kier molecular flexibility index (Phi) is 3.65. The highest BCUT2D eigenvalue weighted by molar-refractivity contribution is 9.10. The van der Waals surface area contributed by atoms with Gasteiger partial charge in [0, 0.05) is 14.3 Å². The zero-order valence-electron chi connectivity index (χ0n) is 16.6. The molecule has 1 heterocycles. The quantitative estimate of drug-likeness (QED) is 0.211. The summed E-state index contributed by atoms with van der Waals surface area (Å²) in [6.45, 7) is 0. The molecule has 146 valence electrons. The van der Waals surface area contributed by atoms with E-state index in [0.29, 0.717) is 0 Å². The van der Waals surface area contributed by atoms with Crippen molar-refractivity contribution in [2.45, 2.75) is 15.2 Å². The molecule has 0 atom stereocenters. The molecule has 0 fully saturated rings. The average Bonchev–Trinajstić information content (AvgIpc) is 3.10. The van der Waals surface area contributed by atoms with Crippen LogP contribution in [-0.4, -0.2) is 0 Å². The van der Waals surface area contributed by atoms with E-state index in [-0.39, 0.29) is 5.41 Å². The number of fused-ring (bicyclic) bond motifs is 11. The second-order valence-corrected chi connectivity index (χ2v) is 10.2. The topological polar surface area (TPSA) is 0 Å². The largest absolute Gasteiger partial charge is 0.0887 e. The summed E-state index contributed by atoms with van der Waals surface area (Å²) in [5.41, 5.74) is 7.93. The van der Waals surface area contributed by atoms with Crippen LogP contribution in [0.3, 0.4) is 0 Å². The van der Waals surface area contributed by atoms with E-state index in [4.69, 9.17) is 0 Å². The van der Waals surface area contributed by atoms with Crippen LogP contribution in [0.1, 0.15) is 22.3 Å². The van der Waals surface area contributed by atoms with Crippen molar-refractivity contribution in [2.24, 2.45) is 0 Å². The monoisotopic (exact) mass is 476 g/mol. The lowest BCUT2D eigenvalue weighted by Gasteiger charge is -2.40. The van der Waals surface area contributed by atoms with E-state index in [9.17, 15) is 0 Å². The molecule has 1 aliphatic carbocycles. The summed E-state index contributed by atoms with van der Waals surface area (Å²) < 4.78 is 1.12. The first-order valence-corrected chi connectivity index (χ1v) is 12.1. The van der Waals surface area contributed by atoms with E-state index in [1.165, 1.54) is 53.9 Å². The maximum atomic E-state index is 3.73. The van der Waals surface area contributed by atoms with Gasteiger partial charge in [-0.15, -0.1) is 0 Å². The molecule has 0 bridgehead atoms. The van der Waals surface area contributed by atoms with Gasteiger partial charge in [0.25, 0.3) is 0 Å². The van der Waals surface area contributed by atoms with Gasteiger partial charge in [-0.05, 0) is 56.3 Å². The van der Waals surface area contributed by atoms with E-state index >= 15 is 0 Å². The maximum Gasteiger partial charge on any atom is 0.0735 e. The standard InChI is InChI=1S/C29H17BrS/c30-19-14-16-25-27(17-19)31-28-20-8-2-1-7-18(20)13-15-26(28)29(25)23-11-5-3-9-21(23)22-10-4-6-12-24(22)29/h1-17H. The molecule has 0 saturated carbocycles. The molecule has 2 heteroatoms. The van der Waals surface area contributed by atoms with E-state index < -0.39 is 0 Å². The molecule has 2 aliphatic rings. The lowest BCUT2D eigenvalue weighted by molar-refractivity contribution is 0.725. The Bertz CT molecular complexity index is 1490. The molecule has 0 radical (unpaired) electrons. The number of hydrogen-bond donors (Lipinski definition) is 0. The van der Waals surface area contributed by atoms with Crippen LogP contribution in [0.2, 0.25) is 0 Å². The predicted octanol–water partition coefficient (Wildman–Crippen LogP) is 8.43. The minimum atomic E-state index is -0.298. The van der Waals surface area contributed by atoms with Crippen LogP contribution in [0.4, 0.5) is 0 Å². The zero-order valence-corrected chi connectivity index (χ0v) is 19.0. The summed E-state index contributed by atoms with van der Waals surface area (Å²) in [4.78, 5) is 2.69. The number of benzene rings is 5. The summed E-state index contributed by atoms with van der Waals surface area (Å²) in [5.74, 6) is 0. The van der Waals surface area contributed by atoms with Crippen molar-refractivity contribution >= 4 is 38.5 Å². The maximum absolute atomic E-state index is 3.73. The highest BCUT2D eigenvalue weighted by atomic mass is 79.9. The Hall–Kier alpha value is -2.81. The molecule has 5 aromatic rings. The zero-order chi connectivity index (χ0) is 20.6. The normalized spacial score (nSPS) is 14.7. The first-order valence-electron chi connectivity index (χ1n) is 10.5. The van der Waals surface area contributed by atoms with Gasteiger partial charge in [0.2, 0.25) is 0 Å². The first kappa shape index (κ1) is 17.8. The fourth-order valence-electron chi connectivity index (χ4n) is 5.61. The molecule has 1 spiro atoms. The van der Waals surface area contributed by atoms with Crippen molar-refractivity contribution < 1.29 is 0 Å².